The number of amides is 2. The Morgan fingerprint density at radius 3 is 2.40 bits per heavy atom. The lowest BCUT2D eigenvalue weighted by molar-refractivity contribution is -0.385. The van der Waals surface area contributed by atoms with Gasteiger partial charge >= 0.3 is 0 Å². The molecule has 2 N–H and O–H groups in total. The molecule has 4 rings (SSSR count). The van der Waals surface area contributed by atoms with Crippen molar-refractivity contribution in [3.8, 4) is 11.5 Å². The van der Waals surface area contributed by atoms with Crippen LogP contribution in [0, 0.1) is 10.1 Å². The predicted octanol–water partition coefficient (Wildman–Crippen LogP) is 2.34. The van der Waals surface area contributed by atoms with E-state index in [2.05, 4.69) is 16.0 Å². The third kappa shape index (κ3) is 4.90. The van der Waals surface area contributed by atoms with Crippen LogP contribution in [0.25, 0.3) is 10.8 Å². The second kappa shape index (κ2) is 10.2. The molecule has 2 heterocycles. The van der Waals surface area contributed by atoms with E-state index in [1.165, 1.54) is 10.7 Å². The average molecular weight is 481 g/mol. The fraction of sp³-hybridized carbons (Fsp3) is 0.304. The van der Waals surface area contributed by atoms with Crippen molar-refractivity contribution in [2.24, 2.45) is 0 Å². The minimum absolute atomic E-state index is 0.0614. The van der Waals surface area contributed by atoms with Crippen molar-refractivity contribution in [2.75, 3.05) is 13.2 Å². The lowest BCUT2D eigenvalue weighted by atomic mass is 10.1. The number of benzene rings is 2. The van der Waals surface area contributed by atoms with Gasteiger partial charge in [-0.3, -0.25) is 35.3 Å². The van der Waals surface area contributed by atoms with Crippen LogP contribution < -0.4 is 25.9 Å². The maximum absolute atomic E-state index is 13.0. The van der Waals surface area contributed by atoms with Crippen LogP contribution in [0.3, 0.4) is 0 Å². The summed E-state index contributed by atoms with van der Waals surface area (Å²) in [5.41, 5.74) is 3.22. The van der Waals surface area contributed by atoms with Crippen molar-refractivity contribution in [2.45, 2.75) is 32.7 Å². The number of hydrogen-bond donors (Lipinski definition) is 2. The highest BCUT2D eigenvalue weighted by molar-refractivity contribution is 6.06. The topological polar surface area (TPSA) is 155 Å². The van der Waals surface area contributed by atoms with Crippen LogP contribution in [-0.2, 0) is 6.54 Å². The molecule has 3 aromatic rings. The molecule has 1 aliphatic rings. The number of aryl methyl sites for hydroxylation is 1. The molecule has 12 heteroatoms. The molecule has 35 heavy (non-hydrogen) atoms. The van der Waals surface area contributed by atoms with Crippen molar-refractivity contribution < 1.29 is 24.0 Å². The molecule has 0 atom stereocenters. The Morgan fingerprint density at radius 2 is 1.71 bits per heavy atom. The summed E-state index contributed by atoms with van der Waals surface area (Å²) in [6.45, 7) is 2.83. The maximum Gasteiger partial charge on any atom is 0.290 e. The van der Waals surface area contributed by atoms with Crippen molar-refractivity contribution in [1.29, 1.82) is 0 Å². The summed E-state index contributed by atoms with van der Waals surface area (Å²) in [5.74, 6) is -1.36. The summed E-state index contributed by atoms with van der Waals surface area (Å²) >= 11 is 0. The van der Waals surface area contributed by atoms with Gasteiger partial charge in [-0.1, -0.05) is 38.0 Å². The Kier molecular flexibility index (Phi) is 6.90. The van der Waals surface area contributed by atoms with Gasteiger partial charge < -0.3 is 9.47 Å². The monoisotopic (exact) mass is 481 g/mol. The minimum Gasteiger partial charge on any atom is -0.486 e. The van der Waals surface area contributed by atoms with Crippen LogP contribution in [0.5, 0.6) is 11.5 Å². The Bertz CT molecular complexity index is 1370. The van der Waals surface area contributed by atoms with Gasteiger partial charge in [0.2, 0.25) is 0 Å². The molecule has 0 saturated heterocycles. The largest absolute Gasteiger partial charge is 0.486 e. The zero-order valence-corrected chi connectivity index (χ0v) is 18.9. The summed E-state index contributed by atoms with van der Waals surface area (Å²) in [6, 6.07) is 8.83. The number of carbonyl (C=O) groups excluding carboxylic acids is 2. The zero-order valence-electron chi connectivity index (χ0n) is 18.9. The second-order valence-electron chi connectivity index (χ2n) is 7.81. The molecular weight excluding hydrogens is 458 g/mol. The quantitative estimate of drug-likeness (QED) is 0.296. The van der Waals surface area contributed by atoms with Crippen LogP contribution in [0.4, 0.5) is 5.69 Å². The van der Waals surface area contributed by atoms with E-state index in [-0.39, 0.29) is 41.5 Å². The first-order chi connectivity index (χ1) is 16.9. The fourth-order valence-electron chi connectivity index (χ4n) is 3.72. The number of hydrogen-bond acceptors (Lipinski definition) is 8. The number of aromatic nitrogens is 2. The summed E-state index contributed by atoms with van der Waals surface area (Å²) in [5, 5.41) is 16.4. The Morgan fingerprint density at radius 1 is 1.06 bits per heavy atom. The molecule has 0 radical (unpaired) electrons. The highest BCUT2D eigenvalue weighted by atomic mass is 16.6. The number of carbonyl (C=O) groups is 2. The molecule has 1 aliphatic heterocycles. The van der Waals surface area contributed by atoms with E-state index in [4.69, 9.17) is 9.47 Å². The Labute approximate surface area is 199 Å². The number of nitro benzene ring substituents is 1. The average Bonchev–Trinajstić information content (AvgIpc) is 2.87. The number of ether oxygens (including phenoxy) is 2. The van der Waals surface area contributed by atoms with E-state index >= 15 is 0 Å². The third-order valence-electron chi connectivity index (χ3n) is 5.45. The van der Waals surface area contributed by atoms with Crippen LogP contribution in [0.15, 0.2) is 41.2 Å². The van der Waals surface area contributed by atoms with Gasteiger partial charge in [0.05, 0.1) is 16.4 Å². The van der Waals surface area contributed by atoms with Gasteiger partial charge in [-0.05, 0) is 12.5 Å². The van der Waals surface area contributed by atoms with E-state index < -0.39 is 22.4 Å². The molecule has 2 amide bonds. The number of nitrogens with zero attached hydrogens (tertiary/aromatic N) is 3. The summed E-state index contributed by atoms with van der Waals surface area (Å²) in [6.07, 6.45) is 2.56. The SMILES string of the molecule is CCCCCn1nc(C(=O)NNC(=O)c2cc3c(cc2[N+](=O)[O-])OCCO3)c2ccccc2c1=O. The number of nitrogens with one attached hydrogen (secondary N) is 2. The van der Waals surface area contributed by atoms with Gasteiger partial charge in [-0.15, -0.1) is 0 Å². The van der Waals surface area contributed by atoms with Crippen LogP contribution >= 0.6 is 0 Å². The third-order valence-corrected chi connectivity index (χ3v) is 5.45. The minimum atomic E-state index is -0.928. The summed E-state index contributed by atoms with van der Waals surface area (Å²) < 4.78 is 12.0. The molecule has 12 nitrogen and oxygen atoms in total. The van der Waals surface area contributed by atoms with Crippen LogP contribution in [0.2, 0.25) is 0 Å². The molecule has 0 aliphatic carbocycles. The lowest BCUT2D eigenvalue weighted by Gasteiger charge is -2.19. The first-order valence-electron chi connectivity index (χ1n) is 11.1. The van der Waals surface area contributed by atoms with E-state index in [0.29, 0.717) is 23.7 Å². The van der Waals surface area contributed by atoms with E-state index in [1.54, 1.807) is 24.3 Å². The van der Waals surface area contributed by atoms with E-state index in [0.717, 1.165) is 18.9 Å². The normalized spacial score (nSPS) is 12.3. The van der Waals surface area contributed by atoms with Crippen molar-refractivity contribution in [3.05, 3.63) is 68.1 Å². The maximum atomic E-state index is 13.0. The molecule has 0 fully saturated rings. The summed E-state index contributed by atoms with van der Waals surface area (Å²) in [7, 11) is 0. The summed E-state index contributed by atoms with van der Waals surface area (Å²) in [4.78, 5) is 49.3. The van der Waals surface area contributed by atoms with Gasteiger partial charge in [-0.2, -0.15) is 5.10 Å². The number of rotatable bonds is 7. The van der Waals surface area contributed by atoms with Gasteiger partial charge in [0.25, 0.3) is 23.1 Å². The second-order valence-corrected chi connectivity index (χ2v) is 7.81. The predicted molar refractivity (Wildman–Crippen MR) is 125 cm³/mol. The molecule has 0 spiro atoms. The zero-order chi connectivity index (χ0) is 24.9. The van der Waals surface area contributed by atoms with E-state index in [1.807, 2.05) is 6.92 Å². The standard InChI is InChI=1S/C23H23N5O7/c1-2-3-6-9-27-23(31)15-8-5-4-7-14(15)20(26-27)22(30)25-24-21(29)16-12-18-19(35-11-10-34-18)13-17(16)28(32)33/h4-5,7-8,12-13H,2-3,6,9-11H2,1H3,(H,24,29)(H,25,30). The van der Waals surface area contributed by atoms with Gasteiger partial charge in [0.1, 0.15) is 18.8 Å². The van der Waals surface area contributed by atoms with Crippen LogP contribution in [0.1, 0.15) is 47.0 Å². The number of unbranched alkanes of at least 4 members (excludes halogenated alkanes) is 2. The molecule has 0 saturated carbocycles. The Hall–Kier alpha value is -4.48. The Balaban J connectivity index is 1.60. The molecule has 1 aromatic heterocycles. The van der Waals surface area contributed by atoms with Crippen molar-refractivity contribution in [1.82, 2.24) is 20.6 Å². The first kappa shape index (κ1) is 23.7. The van der Waals surface area contributed by atoms with Crippen molar-refractivity contribution in [3.63, 3.8) is 0 Å². The molecule has 0 unspecified atom stereocenters. The van der Waals surface area contributed by atoms with Gasteiger partial charge in [-0.25, -0.2) is 4.68 Å². The van der Waals surface area contributed by atoms with Gasteiger partial charge in [0.15, 0.2) is 17.2 Å². The fourth-order valence-corrected chi connectivity index (χ4v) is 3.72. The van der Waals surface area contributed by atoms with E-state index in [9.17, 15) is 24.5 Å². The smallest absolute Gasteiger partial charge is 0.290 e. The van der Waals surface area contributed by atoms with Crippen LogP contribution in [-0.4, -0.2) is 39.7 Å². The van der Waals surface area contributed by atoms with Gasteiger partial charge in [0, 0.05) is 18.0 Å². The molecular formula is C23H23N5O7. The lowest BCUT2D eigenvalue weighted by Crippen LogP contribution is -2.43. The first-order valence-corrected chi connectivity index (χ1v) is 11.1. The number of nitro groups is 1. The highest BCUT2D eigenvalue weighted by Crippen LogP contribution is 2.36. The number of fused-ring (bicyclic) bond motifs is 2. The molecule has 0 bridgehead atoms. The van der Waals surface area contributed by atoms with Crippen molar-refractivity contribution >= 4 is 28.3 Å². The molecule has 2 aromatic carbocycles. The highest BCUT2D eigenvalue weighted by Gasteiger charge is 2.27. The number of hydrazine groups is 1. The molecule has 182 valence electrons.